The van der Waals surface area contributed by atoms with Crippen molar-refractivity contribution in [1.82, 2.24) is 14.8 Å². The first-order chi connectivity index (χ1) is 13.9. The number of likely N-dealkylation sites (tertiary alicyclic amines) is 2. The lowest BCUT2D eigenvalue weighted by Gasteiger charge is -2.28. The monoisotopic (exact) mass is 387 g/mol. The van der Waals surface area contributed by atoms with Gasteiger partial charge in [-0.2, -0.15) is 0 Å². The Morgan fingerprint density at radius 3 is 2.62 bits per heavy atom. The third kappa shape index (κ3) is 2.89. The van der Waals surface area contributed by atoms with Crippen LogP contribution in [0.3, 0.4) is 0 Å². The second-order valence-electron chi connectivity index (χ2n) is 9.01. The van der Waals surface area contributed by atoms with Gasteiger partial charge in [-0.05, 0) is 68.6 Å². The number of fused-ring (bicyclic) bond motifs is 2. The number of hydrogen-bond donors (Lipinski definition) is 1. The maximum absolute atomic E-state index is 13.3. The smallest absolute Gasteiger partial charge is 0.253 e. The van der Waals surface area contributed by atoms with Crippen molar-refractivity contribution in [2.75, 3.05) is 26.7 Å². The summed E-state index contributed by atoms with van der Waals surface area (Å²) in [5, 5.41) is 1.16. The van der Waals surface area contributed by atoms with E-state index < -0.39 is 0 Å². The van der Waals surface area contributed by atoms with Crippen LogP contribution in [-0.2, 0) is 0 Å². The molecule has 2 saturated heterocycles. The molecular weight excluding hydrogens is 358 g/mol. The molecule has 0 unspecified atom stereocenters. The Morgan fingerprint density at radius 1 is 1.03 bits per heavy atom. The highest BCUT2D eigenvalue weighted by molar-refractivity contribution is 5.99. The number of nitrogens with zero attached hydrogens (tertiary/aromatic N) is 2. The van der Waals surface area contributed by atoms with Crippen LogP contribution in [0.15, 0.2) is 42.5 Å². The summed E-state index contributed by atoms with van der Waals surface area (Å²) in [7, 11) is 2.23. The van der Waals surface area contributed by atoms with Crippen LogP contribution in [0.2, 0.25) is 0 Å². The van der Waals surface area contributed by atoms with Gasteiger partial charge in [0.1, 0.15) is 0 Å². The number of aryl methyl sites for hydroxylation is 3. The summed E-state index contributed by atoms with van der Waals surface area (Å²) in [6.07, 6.45) is 0. The van der Waals surface area contributed by atoms with Gasteiger partial charge < -0.3 is 9.88 Å². The van der Waals surface area contributed by atoms with E-state index >= 15 is 0 Å². The zero-order valence-electron chi connectivity index (χ0n) is 17.7. The summed E-state index contributed by atoms with van der Waals surface area (Å²) in [5.41, 5.74) is 7.07. The van der Waals surface area contributed by atoms with Crippen LogP contribution in [0.5, 0.6) is 0 Å². The Hall–Kier alpha value is -2.59. The molecule has 2 aliphatic rings. The number of nitrogens with one attached hydrogen (secondary N) is 1. The number of carbonyl (C=O) groups is 1. The highest BCUT2D eigenvalue weighted by Gasteiger charge is 2.47. The van der Waals surface area contributed by atoms with Gasteiger partial charge >= 0.3 is 0 Å². The van der Waals surface area contributed by atoms with Crippen LogP contribution in [0, 0.1) is 32.6 Å². The number of aromatic amines is 1. The molecular formula is C25H29N3O. The first-order valence-electron chi connectivity index (χ1n) is 10.6. The minimum Gasteiger partial charge on any atom is -0.358 e. The molecule has 0 bridgehead atoms. The van der Waals surface area contributed by atoms with Gasteiger partial charge in [0.2, 0.25) is 0 Å². The number of H-pyrrole nitrogens is 1. The average Bonchev–Trinajstić information content (AvgIpc) is 3.33. The Bertz CT molecular complexity index is 1100. The standard InChI is InChI=1S/C25H29N3O/c1-15-7-5-6-8-20(15)24-22-14-28(13-19(22)12-27(24)4)25(29)18-9-10-23-21(11-18)16(2)17(3)26-23/h5-11,19,22,24,26H,12-14H2,1-4H3/t19-,22+,24+/m0/s1. The second kappa shape index (κ2) is 6.74. The number of rotatable bonds is 2. The second-order valence-corrected chi connectivity index (χ2v) is 9.01. The fraction of sp³-hybridized carbons (Fsp3) is 0.400. The predicted molar refractivity (Wildman–Crippen MR) is 117 cm³/mol. The van der Waals surface area contributed by atoms with E-state index in [1.807, 2.05) is 12.1 Å². The summed E-state index contributed by atoms with van der Waals surface area (Å²) in [6.45, 7) is 9.16. The van der Waals surface area contributed by atoms with Crippen LogP contribution in [0.25, 0.3) is 10.9 Å². The van der Waals surface area contributed by atoms with E-state index in [0.717, 1.165) is 36.1 Å². The molecule has 3 atom stereocenters. The number of amides is 1. The molecule has 2 fully saturated rings. The van der Waals surface area contributed by atoms with Gasteiger partial charge in [-0.15, -0.1) is 0 Å². The van der Waals surface area contributed by atoms with Crippen LogP contribution >= 0.6 is 0 Å². The van der Waals surface area contributed by atoms with Crippen LogP contribution in [-0.4, -0.2) is 47.4 Å². The Morgan fingerprint density at radius 2 is 1.83 bits per heavy atom. The molecule has 0 saturated carbocycles. The fourth-order valence-corrected chi connectivity index (χ4v) is 5.59. The van der Waals surface area contributed by atoms with Gasteiger partial charge in [-0.25, -0.2) is 0 Å². The van der Waals surface area contributed by atoms with Gasteiger partial charge in [0.15, 0.2) is 0 Å². The molecule has 1 amide bonds. The van der Waals surface area contributed by atoms with E-state index in [1.165, 1.54) is 22.4 Å². The van der Waals surface area contributed by atoms with E-state index in [2.05, 4.69) is 72.9 Å². The normalized spacial score (nSPS) is 24.4. The van der Waals surface area contributed by atoms with Crippen molar-refractivity contribution in [2.24, 2.45) is 11.8 Å². The number of hydrogen-bond acceptors (Lipinski definition) is 2. The topological polar surface area (TPSA) is 39.3 Å². The van der Waals surface area contributed by atoms with Gasteiger partial charge in [0, 0.05) is 53.8 Å². The number of benzene rings is 2. The summed E-state index contributed by atoms with van der Waals surface area (Å²) in [4.78, 5) is 21.3. The Balaban J connectivity index is 1.41. The minimum absolute atomic E-state index is 0.172. The lowest BCUT2D eigenvalue weighted by Crippen LogP contribution is -2.33. The predicted octanol–water partition coefficient (Wildman–Crippen LogP) is 4.47. The van der Waals surface area contributed by atoms with Crippen molar-refractivity contribution in [3.8, 4) is 0 Å². The summed E-state index contributed by atoms with van der Waals surface area (Å²) < 4.78 is 0. The molecule has 0 spiro atoms. The van der Waals surface area contributed by atoms with Crippen molar-refractivity contribution < 1.29 is 4.79 Å². The number of carbonyl (C=O) groups excluding carboxylic acids is 1. The van der Waals surface area contributed by atoms with Gasteiger partial charge in [0.05, 0.1) is 0 Å². The lowest BCUT2D eigenvalue weighted by molar-refractivity contribution is 0.0768. The highest BCUT2D eigenvalue weighted by Crippen LogP contribution is 2.45. The zero-order valence-corrected chi connectivity index (χ0v) is 17.7. The first kappa shape index (κ1) is 18.4. The molecule has 2 aromatic carbocycles. The SMILES string of the molecule is Cc1ccccc1[C@@H]1[C@@H]2CN(C(=O)c3ccc4[nH]c(C)c(C)c4c3)C[C@@H]2CN1C. The first-order valence-corrected chi connectivity index (χ1v) is 10.6. The molecule has 3 aromatic rings. The molecule has 2 aliphatic heterocycles. The average molecular weight is 388 g/mol. The van der Waals surface area contributed by atoms with Crippen molar-refractivity contribution in [3.63, 3.8) is 0 Å². The third-order valence-corrected chi connectivity index (χ3v) is 7.24. The summed E-state index contributed by atoms with van der Waals surface area (Å²) in [6, 6.07) is 15.2. The van der Waals surface area contributed by atoms with Gasteiger partial charge in [0.25, 0.3) is 5.91 Å². The van der Waals surface area contributed by atoms with E-state index in [9.17, 15) is 4.79 Å². The largest absolute Gasteiger partial charge is 0.358 e. The quantitative estimate of drug-likeness (QED) is 0.705. The Kier molecular flexibility index (Phi) is 4.28. The van der Waals surface area contributed by atoms with E-state index in [0.29, 0.717) is 17.9 Å². The van der Waals surface area contributed by atoms with Crippen molar-refractivity contribution in [3.05, 3.63) is 70.4 Å². The van der Waals surface area contributed by atoms with E-state index in [1.54, 1.807) is 0 Å². The van der Waals surface area contributed by atoms with E-state index in [4.69, 9.17) is 0 Å². The molecule has 4 nitrogen and oxygen atoms in total. The zero-order chi connectivity index (χ0) is 20.3. The molecule has 5 rings (SSSR count). The molecule has 29 heavy (non-hydrogen) atoms. The maximum atomic E-state index is 13.3. The van der Waals surface area contributed by atoms with Crippen LogP contribution in [0.4, 0.5) is 0 Å². The molecule has 0 aliphatic carbocycles. The lowest BCUT2D eigenvalue weighted by atomic mass is 9.88. The highest BCUT2D eigenvalue weighted by atomic mass is 16.2. The molecule has 3 heterocycles. The molecule has 4 heteroatoms. The van der Waals surface area contributed by atoms with Crippen molar-refractivity contribution in [2.45, 2.75) is 26.8 Å². The van der Waals surface area contributed by atoms with Crippen LogP contribution < -0.4 is 0 Å². The molecule has 1 aromatic heterocycles. The van der Waals surface area contributed by atoms with Crippen molar-refractivity contribution in [1.29, 1.82) is 0 Å². The molecule has 150 valence electrons. The third-order valence-electron chi connectivity index (χ3n) is 7.24. The van der Waals surface area contributed by atoms with Crippen molar-refractivity contribution >= 4 is 16.8 Å². The van der Waals surface area contributed by atoms with Gasteiger partial charge in [-0.1, -0.05) is 24.3 Å². The fourth-order valence-electron chi connectivity index (χ4n) is 5.59. The van der Waals surface area contributed by atoms with E-state index in [-0.39, 0.29) is 5.91 Å². The summed E-state index contributed by atoms with van der Waals surface area (Å²) >= 11 is 0. The van der Waals surface area contributed by atoms with Crippen LogP contribution in [0.1, 0.15) is 38.8 Å². The minimum atomic E-state index is 0.172. The maximum Gasteiger partial charge on any atom is 0.253 e. The number of aromatic nitrogens is 1. The molecule has 1 N–H and O–H groups in total. The summed E-state index contributed by atoms with van der Waals surface area (Å²) in [5.74, 6) is 1.23. The molecule has 0 radical (unpaired) electrons. The van der Waals surface area contributed by atoms with Gasteiger partial charge in [-0.3, -0.25) is 9.69 Å². The Labute approximate surface area is 172 Å².